The third-order valence-electron chi connectivity index (χ3n) is 3.36. The first-order valence-corrected chi connectivity index (χ1v) is 8.15. The van der Waals surface area contributed by atoms with Crippen LogP contribution in [0, 0.1) is 12.7 Å². The predicted octanol–water partition coefficient (Wildman–Crippen LogP) is 5.64. The number of hydrogen-bond acceptors (Lipinski definition) is 1. The van der Waals surface area contributed by atoms with Crippen molar-refractivity contribution >= 4 is 27.5 Å². The highest BCUT2D eigenvalue weighted by molar-refractivity contribution is 9.10. The zero-order valence-electron chi connectivity index (χ0n) is 12.1. The molecule has 0 bridgehead atoms. The number of halogens is 3. The van der Waals surface area contributed by atoms with Gasteiger partial charge in [0.2, 0.25) is 0 Å². The average Bonchev–Trinajstić information content (AvgIpc) is 2.45. The summed E-state index contributed by atoms with van der Waals surface area (Å²) in [5.41, 5.74) is 2.59. The molecule has 0 aromatic heterocycles. The van der Waals surface area contributed by atoms with Gasteiger partial charge in [0.1, 0.15) is 5.82 Å². The molecular formula is C17H18BrClFN. The van der Waals surface area contributed by atoms with Crippen LogP contribution < -0.4 is 5.32 Å². The minimum atomic E-state index is -0.254. The second kappa shape index (κ2) is 7.39. The molecule has 0 amide bonds. The molecule has 0 saturated carbocycles. The highest BCUT2D eigenvalue weighted by Gasteiger charge is 2.20. The lowest BCUT2D eigenvalue weighted by atomic mass is 9.97. The maximum absolute atomic E-state index is 14.4. The van der Waals surface area contributed by atoms with Crippen LogP contribution in [0.5, 0.6) is 0 Å². The van der Waals surface area contributed by atoms with Gasteiger partial charge in [0.15, 0.2) is 0 Å². The third kappa shape index (κ3) is 3.85. The van der Waals surface area contributed by atoms with E-state index >= 15 is 0 Å². The standard InChI is InChI=1S/C17H18BrClFN/c1-3-9-21-17(12-8-7-11(2)10-15(12)19)13-5-4-6-14(18)16(13)20/h4-8,10,17,21H,3,9H2,1-2H3. The summed E-state index contributed by atoms with van der Waals surface area (Å²) in [4.78, 5) is 0. The van der Waals surface area contributed by atoms with Gasteiger partial charge in [-0.3, -0.25) is 0 Å². The van der Waals surface area contributed by atoms with Gasteiger partial charge in [-0.1, -0.05) is 42.8 Å². The van der Waals surface area contributed by atoms with E-state index in [0.717, 1.165) is 24.1 Å². The molecule has 2 aromatic carbocycles. The fourth-order valence-electron chi connectivity index (χ4n) is 2.29. The highest BCUT2D eigenvalue weighted by atomic mass is 79.9. The Morgan fingerprint density at radius 2 is 2.00 bits per heavy atom. The van der Waals surface area contributed by atoms with Gasteiger partial charge in [-0.2, -0.15) is 0 Å². The summed E-state index contributed by atoms with van der Waals surface area (Å²) in [5.74, 6) is -0.247. The zero-order chi connectivity index (χ0) is 15.4. The SMILES string of the molecule is CCCNC(c1ccc(C)cc1Cl)c1cccc(Br)c1F. The summed E-state index contributed by atoms with van der Waals surface area (Å²) in [6, 6.07) is 11.0. The quantitative estimate of drug-likeness (QED) is 0.718. The second-order valence-electron chi connectivity index (χ2n) is 5.06. The molecule has 0 aliphatic rings. The molecule has 0 heterocycles. The Kier molecular flexibility index (Phi) is 5.80. The summed E-state index contributed by atoms with van der Waals surface area (Å²) < 4.78 is 14.9. The first-order chi connectivity index (χ1) is 10.0. The van der Waals surface area contributed by atoms with Crippen molar-refractivity contribution in [3.63, 3.8) is 0 Å². The van der Waals surface area contributed by atoms with Crippen molar-refractivity contribution < 1.29 is 4.39 Å². The molecule has 0 saturated heterocycles. The summed E-state index contributed by atoms with van der Waals surface area (Å²) in [5, 5.41) is 4.04. The number of aryl methyl sites for hydroxylation is 1. The molecule has 1 unspecified atom stereocenters. The lowest BCUT2D eigenvalue weighted by Crippen LogP contribution is -2.24. The third-order valence-corrected chi connectivity index (χ3v) is 4.30. The maximum atomic E-state index is 14.4. The average molecular weight is 371 g/mol. The molecule has 0 radical (unpaired) electrons. The monoisotopic (exact) mass is 369 g/mol. The Balaban J connectivity index is 2.49. The van der Waals surface area contributed by atoms with Crippen LogP contribution in [0.3, 0.4) is 0 Å². The van der Waals surface area contributed by atoms with E-state index in [1.807, 2.05) is 31.2 Å². The van der Waals surface area contributed by atoms with Crippen LogP contribution in [-0.2, 0) is 0 Å². The Hall–Kier alpha value is -0.900. The molecule has 2 aromatic rings. The Morgan fingerprint density at radius 3 is 2.67 bits per heavy atom. The highest BCUT2D eigenvalue weighted by Crippen LogP contribution is 2.32. The molecule has 21 heavy (non-hydrogen) atoms. The second-order valence-corrected chi connectivity index (χ2v) is 6.32. The molecule has 0 aliphatic carbocycles. The molecule has 0 aliphatic heterocycles. The van der Waals surface area contributed by atoms with Gasteiger partial charge >= 0.3 is 0 Å². The van der Waals surface area contributed by atoms with Crippen molar-refractivity contribution in [2.75, 3.05) is 6.54 Å². The number of rotatable bonds is 5. The Bertz CT molecular complexity index is 630. The van der Waals surface area contributed by atoms with Crippen LogP contribution in [0.15, 0.2) is 40.9 Å². The molecule has 1 atom stereocenters. The Morgan fingerprint density at radius 1 is 1.24 bits per heavy atom. The van der Waals surface area contributed by atoms with E-state index in [1.165, 1.54) is 0 Å². The van der Waals surface area contributed by atoms with Gasteiger partial charge in [-0.25, -0.2) is 4.39 Å². The fraction of sp³-hybridized carbons (Fsp3) is 0.294. The van der Waals surface area contributed by atoms with Gasteiger partial charge in [-0.15, -0.1) is 0 Å². The molecule has 112 valence electrons. The molecule has 1 nitrogen and oxygen atoms in total. The zero-order valence-corrected chi connectivity index (χ0v) is 14.4. The van der Waals surface area contributed by atoms with Crippen molar-refractivity contribution in [2.45, 2.75) is 26.3 Å². The van der Waals surface area contributed by atoms with Gasteiger partial charge in [-0.05, 0) is 59.1 Å². The van der Waals surface area contributed by atoms with Crippen molar-refractivity contribution in [1.82, 2.24) is 5.32 Å². The van der Waals surface area contributed by atoms with Crippen molar-refractivity contribution in [3.8, 4) is 0 Å². The number of hydrogen-bond donors (Lipinski definition) is 1. The summed E-state index contributed by atoms with van der Waals surface area (Å²) in [6.07, 6.45) is 0.968. The van der Waals surface area contributed by atoms with E-state index in [4.69, 9.17) is 11.6 Å². The Labute approximate surface area is 138 Å². The van der Waals surface area contributed by atoms with Gasteiger partial charge in [0, 0.05) is 10.6 Å². The summed E-state index contributed by atoms with van der Waals surface area (Å²) in [6.45, 7) is 4.86. The largest absolute Gasteiger partial charge is 0.306 e. The van der Waals surface area contributed by atoms with Gasteiger partial charge in [0.25, 0.3) is 0 Å². The lowest BCUT2D eigenvalue weighted by Gasteiger charge is -2.22. The van der Waals surface area contributed by atoms with E-state index in [9.17, 15) is 4.39 Å². The lowest BCUT2D eigenvalue weighted by molar-refractivity contribution is 0.543. The van der Waals surface area contributed by atoms with Gasteiger partial charge < -0.3 is 5.32 Å². The molecule has 0 spiro atoms. The summed E-state index contributed by atoms with van der Waals surface area (Å²) >= 11 is 9.62. The molecular weight excluding hydrogens is 353 g/mol. The first kappa shape index (κ1) is 16.5. The maximum Gasteiger partial charge on any atom is 0.142 e. The van der Waals surface area contributed by atoms with E-state index in [0.29, 0.717) is 15.1 Å². The van der Waals surface area contributed by atoms with Crippen molar-refractivity contribution in [3.05, 3.63) is 68.4 Å². The van der Waals surface area contributed by atoms with Crippen LogP contribution in [-0.4, -0.2) is 6.54 Å². The van der Waals surface area contributed by atoms with Crippen LogP contribution >= 0.6 is 27.5 Å². The molecule has 1 N–H and O–H groups in total. The molecule has 0 fully saturated rings. The predicted molar refractivity (Wildman–Crippen MR) is 90.4 cm³/mol. The molecule has 4 heteroatoms. The minimum absolute atomic E-state index is 0.247. The van der Waals surface area contributed by atoms with Crippen LogP contribution in [0.25, 0.3) is 0 Å². The van der Waals surface area contributed by atoms with Gasteiger partial charge in [0.05, 0.1) is 10.5 Å². The van der Waals surface area contributed by atoms with Crippen LogP contribution in [0.2, 0.25) is 5.02 Å². The number of nitrogens with one attached hydrogen (secondary N) is 1. The molecule has 2 rings (SSSR count). The van der Waals surface area contributed by atoms with E-state index in [2.05, 4.69) is 28.2 Å². The normalized spacial score (nSPS) is 12.4. The first-order valence-electron chi connectivity index (χ1n) is 6.98. The van der Waals surface area contributed by atoms with E-state index in [1.54, 1.807) is 12.1 Å². The van der Waals surface area contributed by atoms with Crippen molar-refractivity contribution in [1.29, 1.82) is 0 Å². The van der Waals surface area contributed by atoms with E-state index in [-0.39, 0.29) is 11.9 Å². The minimum Gasteiger partial charge on any atom is -0.306 e. The topological polar surface area (TPSA) is 12.0 Å². The van der Waals surface area contributed by atoms with Crippen LogP contribution in [0.4, 0.5) is 4.39 Å². The van der Waals surface area contributed by atoms with Crippen molar-refractivity contribution in [2.24, 2.45) is 0 Å². The fourth-order valence-corrected chi connectivity index (χ4v) is 3.01. The van der Waals surface area contributed by atoms with Crippen LogP contribution in [0.1, 0.15) is 36.1 Å². The number of benzene rings is 2. The summed E-state index contributed by atoms with van der Waals surface area (Å²) in [7, 11) is 0. The van der Waals surface area contributed by atoms with E-state index < -0.39 is 0 Å². The smallest absolute Gasteiger partial charge is 0.142 e.